The van der Waals surface area contributed by atoms with Crippen LogP contribution >= 0.6 is 23.2 Å². The number of rotatable bonds is 2. The lowest BCUT2D eigenvalue weighted by Gasteiger charge is -2.05. The number of hydrogen-bond donors (Lipinski definition) is 1. The second-order valence-corrected chi connectivity index (χ2v) is 2.47. The lowest BCUT2D eigenvalue weighted by Crippen LogP contribution is -2.12. The van der Waals surface area contributed by atoms with Gasteiger partial charge in [-0.05, 0) is 6.42 Å². The quantitative estimate of drug-likeness (QED) is 0.581. The third-order valence-electron chi connectivity index (χ3n) is 0.709. The van der Waals surface area contributed by atoms with Gasteiger partial charge >= 0.3 is 0 Å². The van der Waals surface area contributed by atoms with E-state index in [4.69, 9.17) is 28.3 Å². The number of alkyl halides is 2. The van der Waals surface area contributed by atoms with Crippen LogP contribution in [0.4, 0.5) is 0 Å². The summed E-state index contributed by atoms with van der Waals surface area (Å²) < 4.78 is 0. The second-order valence-electron chi connectivity index (χ2n) is 1.31. The second kappa shape index (κ2) is 3.53. The molecule has 0 aromatic carbocycles. The Morgan fingerprint density at radius 3 is 2.00 bits per heavy atom. The third-order valence-corrected chi connectivity index (χ3v) is 1.29. The van der Waals surface area contributed by atoms with E-state index in [1.54, 1.807) is 0 Å². The molecular formula is C4H8Cl2O. The highest BCUT2D eigenvalue weighted by molar-refractivity contribution is 6.44. The van der Waals surface area contributed by atoms with Gasteiger partial charge in [-0.15, -0.1) is 23.2 Å². The van der Waals surface area contributed by atoms with Gasteiger partial charge in [0.05, 0.1) is 6.10 Å². The molecule has 0 rings (SSSR count). The maximum Gasteiger partial charge on any atom is 0.133 e. The molecule has 0 fully saturated rings. The van der Waals surface area contributed by atoms with E-state index in [2.05, 4.69) is 0 Å². The van der Waals surface area contributed by atoms with Crippen molar-refractivity contribution in [1.82, 2.24) is 0 Å². The van der Waals surface area contributed by atoms with Gasteiger partial charge in [0.1, 0.15) is 4.84 Å². The first-order valence-corrected chi connectivity index (χ1v) is 3.02. The average Bonchev–Trinajstić information content (AvgIpc) is 1.65. The molecule has 0 radical (unpaired) electrons. The molecule has 1 atom stereocenters. The van der Waals surface area contributed by atoms with Gasteiger partial charge in [-0.3, -0.25) is 0 Å². The molecule has 0 aliphatic carbocycles. The lowest BCUT2D eigenvalue weighted by atomic mass is 10.3. The van der Waals surface area contributed by atoms with E-state index in [1.165, 1.54) is 0 Å². The zero-order chi connectivity index (χ0) is 5.86. The van der Waals surface area contributed by atoms with Gasteiger partial charge in [0, 0.05) is 0 Å². The fourth-order valence-corrected chi connectivity index (χ4v) is 0.535. The molecule has 0 amide bonds. The molecular weight excluding hydrogens is 135 g/mol. The maximum absolute atomic E-state index is 8.67. The van der Waals surface area contributed by atoms with Crippen molar-refractivity contribution in [3.05, 3.63) is 0 Å². The summed E-state index contributed by atoms with van der Waals surface area (Å²) in [5.74, 6) is 0. The van der Waals surface area contributed by atoms with Crippen LogP contribution in [0.5, 0.6) is 0 Å². The van der Waals surface area contributed by atoms with E-state index < -0.39 is 10.9 Å². The standard InChI is InChI=1S/C4H8Cl2O/c1-2-3(7)4(5)6/h3-4,7H,2H2,1H3. The molecule has 0 aliphatic heterocycles. The molecule has 0 aromatic rings. The Bertz CT molecular complexity index is 47.0. The van der Waals surface area contributed by atoms with Crippen molar-refractivity contribution in [3.8, 4) is 0 Å². The Labute approximate surface area is 53.2 Å². The minimum Gasteiger partial charge on any atom is -0.390 e. The van der Waals surface area contributed by atoms with Gasteiger partial charge in [0.2, 0.25) is 0 Å². The molecule has 0 aliphatic rings. The first-order chi connectivity index (χ1) is 3.18. The zero-order valence-electron chi connectivity index (χ0n) is 4.06. The van der Waals surface area contributed by atoms with Gasteiger partial charge < -0.3 is 5.11 Å². The summed E-state index contributed by atoms with van der Waals surface area (Å²) in [5.41, 5.74) is 0. The minimum absolute atomic E-state index is 0.566. The molecule has 1 unspecified atom stereocenters. The van der Waals surface area contributed by atoms with E-state index in [1.807, 2.05) is 6.92 Å². The predicted octanol–water partition coefficient (Wildman–Crippen LogP) is 1.56. The molecule has 0 spiro atoms. The van der Waals surface area contributed by atoms with Crippen LogP contribution in [0.1, 0.15) is 13.3 Å². The van der Waals surface area contributed by atoms with Gasteiger partial charge in [-0.1, -0.05) is 6.92 Å². The average molecular weight is 143 g/mol. The largest absolute Gasteiger partial charge is 0.390 e. The highest BCUT2D eigenvalue weighted by atomic mass is 35.5. The molecule has 0 saturated carbocycles. The van der Waals surface area contributed by atoms with Crippen molar-refractivity contribution < 1.29 is 5.11 Å². The molecule has 7 heavy (non-hydrogen) atoms. The molecule has 0 bridgehead atoms. The first-order valence-electron chi connectivity index (χ1n) is 2.14. The molecule has 1 nitrogen and oxygen atoms in total. The Balaban J connectivity index is 3.14. The van der Waals surface area contributed by atoms with Crippen LogP contribution in [-0.2, 0) is 0 Å². The fraction of sp³-hybridized carbons (Fsp3) is 1.00. The van der Waals surface area contributed by atoms with E-state index in [9.17, 15) is 0 Å². The molecule has 1 N–H and O–H groups in total. The van der Waals surface area contributed by atoms with Gasteiger partial charge in [-0.2, -0.15) is 0 Å². The SMILES string of the molecule is CCC(O)C(Cl)Cl. The van der Waals surface area contributed by atoms with Crippen LogP contribution in [0.25, 0.3) is 0 Å². The number of aliphatic hydroxyl groups excluding tert-OH is 1. The van der Waals surface area contributed by atoms with E-state index in [0.29, 0.717) is 6.42 Å². The molecule has 0 heterocycles. The Hall–Kier alpha value is 0.540. The summed E-state index contributed by atoms with van der Waals surface area (Å²) in [4.78, 5) is -0.634. The highest BCUT2D eigenvalue weighted by Gasteiger charge is 2.08. The van der Waals surface area contributed by atoms with Crippen LogP contribution in [-0.4, -0.2) is 16.0 Å². The minimum atomic E-state index is -0.634. The molecule has 3 heteroatoms. The highest BCUT2D eigenvalue weighted by Crippen LogP contribution is 2.09. The van der Waals surface area contributed by atoms with Crippen molar-refractivity contribution in [2.75, 3.05) is 0 Å². The van der Waals surface area contributed by atoms with Crippen LogP contribution in [0.3, 0.4) is 0 Å². The number of aliphatic hydroxyl groups is 1. The van der Waals surface area contributed by atoms with Crippen molar-refractivity contribution in [3.63, 3.8) is 0 Å². The fourth-order valence-electron chi connectivity index (χ4n) is 0.178. The summed E-state index contributed by atoms with van der Waals surface area (Å²) in [6.45, 7) is 1.82. The van der Waals surface area contributed by atoms with Gasteiger partial charge in [0.25, 0.3) is 0 Å². The van der Waals surface area contributed by atoms with E-state index >= 15 is 0 Å². The van der Waals surface area contributed by atoms with E-state index in [-0.39, 0.29) is 0 Å². The molecule has 0 saturated heterocycles. The summed E-state index contributed by atoms with van der Waals surface area (Å²) in [6.07, 6.45) is 0.0424. The lowest BCUT2D eigenvalue weighted by molar-refractivity contribution is 0.184. The summed E-state index contributed by atoms with van der Waals surface area (Å²) in [5, 5.41) is 8.67. The summed E-state index contributed by atoms with van der Waals surface area (Å²) in [7, 11) is 0. The van der Waals surface area contributed by atoms with Crippen molar-refractivity contribution in [2.24, 2.45) is 0 Å². The molecule has 44 valence electrons. The Kier molecular flexibility index (Phi) is 3.80. The van der Waals surface area contributed by atoms with Crippen LogP contribution in [0.2, 0.25) is 0 Å². The van der Waals surface area contributed by atoms with E-state index in [0.717, 1.165) is 0 Å². The van der Waals surface area contributed by atoms with Gasteiger partial charge in [-0.25, -0.2) is 0 Å². The van der Waals surface area contributed by atoms with Crippen LogP contribution in [0.15, 0.2) is 0 Å². The summed E-state index contributed by atoms with van der Waals surface area (Å²) >= 11 is 10.5. The van der Waals surface area contributed by atoms with Crippen molar-refractivity contribution >= 4 is 23.2 Å². The van der Waals surface area contributed by atoms with Gasteiger partial charge in [0.15, 0.2) is 0 Å². The monoisotopic (exact) mass is 142 g/mol. The third kappa shape index (κ3) is 3.15. The smallest absolute Gasteiger partial charge is 0.133 e. The predicted molar refractivity (Wildman–Crippen MR) is 31.8 cm³/mol. The zero-order valence-corrected chi connectivity index (χ0v) is 5.58. The maximum atomic E-state index is 8.67. The Morgan fingerprint density at radius 2 is 2.00 bits per heavy atom. The van der Waals surface area contributed by atoms with Crippen LogP contribution in [0, 0.1) is 0 Å². The van der Waals surface area contributed by atoms with Crippen molar-refractivity contribution in [1.29, 1.82) is 0 Å². The topological polar surface area (TPSA) is 20.2 Å². The van der Waals surface area contributed by atoms with Crippen LogP contribution < -0.4 is 0 Å². The Morgan fingerprint density at radius 1 is 1.57 bits per heavy atom. The number of hydrogen-bond acceptors (Lipinski definition) is 1. The first kappa shape index (κ1) is 7.54. The summed E-state index contributed by atoms with van der Waals surface area (Å²) in [6, 6.07) is 0. The normalized spacial score (nSPS) is 15.0. The molecule has 0 aromatic heterocycles. The number of halogens is 2. The van der Waals surface area contributed by atoms with Crippen molar-refractivity contribution in [2.45, 2.75) is 24.3 Å².